The van der Waals surface area contributed by atoms with Gasteiger partial charge in [0.05, 0.1) is 11.5 Å². The molecule has 0 spiro atoms. The van der Waals surface area contributed by atoms with E-state index in [9.17, 15) is 10.1 Å². The first-order chi connectivity index (χ1) is 7.54. The van der Waals surface area contributed by atoms with Crippen molar-refractivity contribution in [2.24, 2.45) is 5.92 Å². The highest BCUT2D eigenvalue weighted by atomic mass is 16.6. The first-order valence-corrected chi connectivity index (χ1v) is 5.16. The van der Waals surface area contributed by atoms with E-state index in [1.54, 1.807) is 6.07 Å². The van der Waals surface area contributed by atoms with Gasteiger partial charge in [0.2, 0.25) is 0 Å². The Morgan fingerprint density at radius 2 is 2.19 bits per heavy atom. The molecule has 0 saturated carbocycles. The number of nitro benzene ring substituents is 1. The molecule has 0 unspecified atom stereocenters. The lowest BCUT2D eigenvalue weighted by atomic mass is 10.1. The number of nitro groups is 1. The average Bonchev–Trinajstić information content (AvgIpc) is 2.25. The molecule has 88 valence electrons. The number of aliphatic hydroxyl groups is 1. The van der Waals surface area contributed by atoms with E-state index < -0.39 is 4.92 Å². The number of hydrogen-bond donors (Lipinski definition) is 2. The van der Waals surface area contributed by atoms with Gasteiger partial charge in [-0.25, -0.2) is 0 Å². The van der Waals surface area contributed by atoms with Gasteiger partial charge in [-0.2, -0.15) is 0 Å². The number of nitrogens with zero attached hydrogens (tertiary/aromatic N) is 1. The van der Waals surface area contributed by atoms with Crippen LogP contribution in [0, 0.1) is 16.0 Å². The zero-order valence-corrected chi connectivity index (χ0v) is 9.43. The molecule has 0 saturated heterocycles. The maximum absolute atomic E-state index is 10.5. The van der Waals surface area contributed by atoms with Crippen molar-refractivity contribution in [1.82, 2.24) is 0 Å². The highest BCUT2D eigenvalue weighted by Crippen LogP contribution is 2.22. The molecule has 16 heavy (non-hydrogen) atoms. The second kappa shape index (κ2) is 5.46. The molecular formula is C11H16N2O3. The van der Waals surface area contributed by atoms with Crippen molar-refractivity contribution in [3.05, 3.63) is 33.9 Å². The maximum Gasteiger partial charge on any atom is 0.269 e. The van der Waals surface area contributed by atoms with Gasteiger partial charge in [0.1, 0.15) is 0 Å². The molecule has 1 aromatic rings. The van der Waals surface area contributed by atoms with Gasteiger partial charge < -0.3 is 10.4 Å². The number of aliphatic hydroxyl groups excluding tert-OH is 1. The summed E-state index contributed by atoms with van der Waals surface area (Å²) in [7, 11) is 0. The summed E-state index contributed by atoms with van der Waals surface area (Å²) in [6, 6.07) is 4.45. The van der Waals surface area contributed by atoms with Crippen molar-refractivity contribution in [1.29, 1.82) is 0 Å². The van der Waals surface area contributed by atoms with Crippen LogP contribution in [-0.4, -0.2) is 16.6 Å². The Morgan fingerprint density at radius 1 is 1.50 bits per heavy atom. The molecular weight excluding hydrogens is 208 g/mol. The molecule has 0 aliphatic heterocycles. The van der Waals surface area contributed by atoms with E-state index >= 15 is 0 Å². The van der Waals surface area contributed by atoms with E-state index in [2.05, 4.69) is 19.2 Å². The maximum atomic E-state index is 10.5. The molecule has 0 bridgehead atoms. The topological polar surface area (TPSA) is 75.4 Å². The van der Waals surface area contributed by atoms with E-state index in [-0.39, 0.29) is 12.3 Å². The average molecular weight is 224 g/mol. The highest BCUT2D eigenvalue weighted by molar-refractivity contribution is 5.55. The second-order valence-electron chi connectivity index (χ2n) is 4.03. The van der Waals surface area contributed by atoms with E-state index in [1.165, 1.54) is 12.1 Å². The monoisotopic (exact) mass is 224 g/mol. The molecule has 0 fully saturated rings. The van der Waals surface area contributed by atoms with E-state index in [0.717, 1.165) is 12.2 Å². The van der Waals surface area contributed by atoms with Gasteiger partial charge in [-0.05, 0) is 12.0 Å². The third-order valence-electron chi connectivity index (χ3n) is 2.17. The highest BCUT2D eigenvalue weighted by Gasteiger charge is 2.10. The summed E-state index contributed by atoms with van der Waals surface area (Å²) in [6.45, 7) is 4.70. The minimum atomic E-state index is -0.467. The molecule has 0 atom stereocenters. The summed E-state index contributed by atoms with van der Waals surface area (Å²) in [6.07, 6.45) is 0. The lowest BCUT2D eigenvalue weighted by Crippen LogP contribution is -2.09. The Bertz CT molecular complexity index is 377. The molecule has 5 heteroatoms. The van der Waals surface area contributed by atoms with Crippen molar-refractivity contribution in [2.45, 2.75) is 20.5 Å². The molecule has 0 heterocycles. The van der Waals surface area contributed by atoms with Gasteiger partial charge in [-0.3, -0.25) is 10.1 Å². The van der Waals surface area contributed by atoms with Crippen LogP contribution in [0.1, 0.15) is 19.4 Å². The van der Waals surface area contributed by atoms with E-state index in [4.69, 9.17) is 5.11 Å². The quantitative estimate of drug-likeness (QED) is 0.593. The molecule has 5 nitrogen and oxygen atoms in total. The Hall–Kier alpha value is -1.62. The third kappa shape index (κ3) is 3.20. The van der Waals surface area contributed by atoms with Crippen LogP contribution in [0.25, 0.3) is 0 Å². The Kier molecular flexibility index (Phi) is 4.25. The minimum Gasteiger partial charge on any atom is -0.392 e. The van der Waals surface area contributed by atoms with Gasteiger partial charge in [0.25, 0.3) is 5.69 Å². The standard InChI is InChI=1S/C11H16N2O3/c1-8(2)6-12-11-4-3-10(13(15)16)5-9(11)7-14/h3-5,8,12,14H,6-7H2,1-2H3. The molecule has 0 aromatic heterocycles. The Balaban J connectivity index is 2.89. The smallest absolute Gasteiger partial charge is 0.269 e. The number of benzene rings is 1. The number of anilines is 1. The van der Waals surface area contributed by atoms with Gasteiger partial charge in [0, 0.05) is 29.9 Å². The SMILES string of the molecule is CC(C)CNc1ccc([N+](=O)[O-])cc1CO. The van der Waals surface area contributed by atoms with Gasteiger partial charge in [-0.1, -0.05) is 13.8 Å². The lowest BCUT2D eigenvalue weighted by Gasteiger charge is -2.12. The number of non-ortho nitro benzene ring substituents is 1. The fraction of sp³-hybridized carbons (Fsp3) is 0.455. The first-order valence-electron chi connectivity index (χ1n) is 5.16. The summed E-state index contributed by atoms with van der Waals surface area (Å²) in [5.41, 5.74) is 1.30. The third-order valence-corrected chi connectivity index (χ3v) is 2.17. The minimum absolute atomic E-state index is 0.000790. The predicted octanol–water partition coefficient (Wildman–Crippen LogP) is 2.15. The largest absolute Gasteiger partial charge is 0.392 e. The summed E-state index contributed by atoms with van der Waals surface area (Å²) < 4.78 is 0. The molecule has 0 amide bonds. The Labute approximate surface area is 94.3 Å². The zero-order chi connectivity index (χ0) is 12.1. The molecule has 0 radical (unpaired) electrons. The summed E-state index contributed by atoms with van der Waals surface area (Å²) in [5, 5.41) is 22.8. The predicted molar refractivity (Wildman–Crippen MR) is 62.3 cm³/mol. The van der Waals surface area contributed by atoms with Crippen molar-refractivity contribution in [3.8, 4) is 0 Å². The van der Waals surface area contributed by atoms with Crippen LogP contribution in [-0.2, 0) is 6.61 Å². The van der Waals surface area contributed by atoms with Crippen molar-refractivity contribution < 1.29 is 10.0 Å². The van der Waals surface area contributed by atoms with E-state index in [1.807, 2.05) is 0 Å². The van der Waals surface area contributed by atoms with Crippen molar-refractivity contribution in [3.63, 3.8) is 0 Å². The first kappa shape index (κ1) is 12.4. The van der Waals surface area contributed by atoms with Gasteiger partial charge >= 0.3 is 0 Å². The van der Waals surface area contributed by atoms with E-state index in [0.29, 0.717) is 11.5 Å². The van der Waals surface area contributed by atoms with Crippen LogP contribution in [0.15, 0.2) is 18.2 Å². The molecule has 2 N–H and O–H groups in total. The van der Waals surface area contributed by atoms with Gasteiger partial charge in [0.15, 0.2) is 0 Å². The number of nitrogens with one attached hydrogen (secondary N) is 1. The van der Waals surface area contributed by atoms with Crippen molar-refractivity contribution >= 4 is 11.4 Å². The second-order valence-corrected chi connectivity index (χ2v) is 4.03. The Morgan fingerprint density at radius 3 is 2.69 bits per heavy atom. The fourth-order valence-electron chi connectivity index (χ4n) is 1.31. The van der Waals surface area contributed by atoms with Crippen LogP contribution < -0.4 is 5.32 Å². The number of rotatable bonds is 5. The van der Waals surface area contributed by atoms with Crippen LogP contribution >= 0.6 is 0 Å². The summed E-state index contributed by atoms with van der Waals surface area (Å²) in [5.74, 6) is 0.474. The van der Waals surface area contributed by atoms with Crippen LogP contribution in [0.3, 0.4) is 0 Å². The van der Waals surface area contributed by atoms with Crippen LogP contribution in [0.5, 0.6) is 0 Å². The molecule has 1 aromatic carbocycles. The number of hydrogen-bond acceptors (Lipinski definition) is 4. The fourth-order valence-corrected chi connectivity index (χ4v) is 1.31. The zero-order valence-electron chi connectivity index (χ0n) is 9.43. The molecule has 1 rings (SSSR count). The summed E-state index contributed by atoms with van der Waals surface area (Å²) >= 11 is 0. The van der Waals surface area contributed by atoms with Gasteiger partial charge in [-0.15, -0.1) is 0 Å². The molecule has 0 aliphatic rings. The van der Waals surface area contributed by atoms with Crippen LogP contribution in [0.2, 0.25) is 0 Å². The molecule has 0 aliphatic carbocycles. The summed E-state index contributed by atoms with van der Waals surface area (Å²) in [4.78, 5) is 10.1. The van der Waals surface area contributed by atoms with Crippen molar-refractivity contribution in [2.75, 3.05) is 11.9 Å². The van der Waals surface area contributed by atoms with Crippen LogP contribution in [0.4, 0.5) is 11.4 Å². The lowest BCUT2D eigenvalue weighted by molar-refractivity contribution is -0.384. The normalized spacial score (nSPS) is 10.5.